The summed E-state index contributed by atoms with van der Waals surface area (Å²) in [6, 6.07) is 10.1. The summed E-state index contributed by atoms with van der Waals surface area (Å²) in [7, 11) is 0. The van der Waals surface area contributed by atoms with Gasteiger partial charge < -0.3 is 24.6 Å². The van der Waals surface area contributed by atoms with Gasteiger partial charge in [-0.15, -0.1) is 13.2 Å². The molecule has 4 rings (SSSR count). The Morgan fingerprint density at radius 1 is 0.927 bits per heavy atom. The fraction of sp³-hybridized carbons (Fsp3) is 0.536. The average molecular weight is 608 g/mol. The number of anilines is 2. The van der Waals surface area contributed by atoms with Crippen molar-refractivity contribution < 1.29 is 40.6 Å². The van der Waals surface area contributed by atoms with E-state index in [1.807, 2.05) is 29.2 Å². The van der Waals surface area contributed by atoms with Gasteiger partial charge >= 0.3 is 12.5 Å². The Kier molecular flexibility index (Phi) is 10.2. The van der Waals surface area contributed by atoms with Gasteiger partial charge in [0, 0.05) is 49.1 Å². The molecule has 0 bridgehead atoms. The Hall–Kier alpha value is -2.86. The number of alkyl halides is 6. The standard InChI is InChI=1S/C28H32ClF6N3O3/c29-20-3-6-22(7-4-20)37-12-14-38(15-13-37)26(39)11-16-40-23-8-1-19(2-9-23)18-36-21-5-10-25(41-28(33,34)35)24(17-21)27(30,31)32/h3-7,10,17,19,23,36H,1-2,8-9,11-16,18H2. The molecule has 1 saturated carbocycles. The van der Waals surface area contributed by atoms with Crippen LogP contribution < -0.4 is 15.0 Å². The zero-order valence-electron chi connectivity index (χ0n) is 22.2. The quantitative estimate of drug-likeness (QED) is 0.312. The highest BCUT2D eigenvalue weighted by Gasteiger charge is 2.39. The second-order valence-electron chi connectivity index (χ2n) is 10.2. The van der Waals surface area contributed by atoms with Crippen molar-refractivity contribution in [1.82, 2.24) is 4.90 Å². The molecule has 2 aliphatic rings. The van der Waals surface area contributed by atoms with Crippen LogP contribution in [0.1, 0.15) is 37.7 Å². The van der Waals surface area contributed by atoms with Gasteiger partial charge in [-0.25, -0.2) is 0 Å². The lowest BCUT2D eigenvalue weighted by atomic mass is 9.87. The van der Waals surface area contributed by atoms with E-state index >= 15 is 0 Å². The van der Waals surface area contributed by atoms with Crippen molar-refractivity contribution in [3.8, 4) is 5.75 Å². The molecule has 0 spiro atoms. The number of amides is 1. The minimum absolute atomic E-state index is 0.0106. The van der Waals surface area contributed by atoms with Gasteiger partial charge in [0.15, 0.2) is 0 Å². The number of carbonyl (C=O) groups excluding carboxylic acids is 1. The van der Waals surface area contributed by atoms with Crippen molar-refractivity contribution in [1.29, 1.82) is 0 Å². The number of hydrogen-bond donors (Lipinski definition) is 1. The lowest BCUT2D eigenvalue weighted by Gasteiger charge is -2.36. The van der Waals surface area contributed by atoms with E-state index in [-0.39, 0.29) is 23.6 Å². The summed E-state index contributed by atoms with van der Waals surface area (Å²) in [5.41, 5.74) is -0.345. The summed E-state index contributed by atoms with van der Waals surface area (Å²) >= 11 is 5.95. The number of benzene rings is 2. The maximum absolute atomic E-state index is 13.3. The van der Waals surface area contributed by atoms with E-state index in [1.54, 1.807) is 0 Å². The van der Waals surface area contributed by atoms with Crippen LogP contribution in [0.15, 0.2) is 42.5 Å². The lowest BCUT2D eigenvalue weighted by Crippen LogP contribution is -2.49. The molecule has 2 aromatic carbocycles. The smallest absolute Gasteiger partial charge is 0.405 e. The highest BCUT2D eigenvalue weighted by molar-refractivity contribution is 6.30. The molecule has 1 saturated heterocycles. The topological polar surface area (TPSA) is 54.0 Å². The van der Waals surface area contributed by atoms with E-state index < -0.39 is 23.9 Å². The summed E-state index contributed by atoms with van der Waals surface area (Å²) in [5, 5.41) is 3.59. The highest BCUT2D eigenvalue weighted by Crippen LogP contribution is 2.40. The van der Waals surface area contributed by atoms with Crippen LogP contribution in [-0.2, 0) is 15.7 Å². The van der Waals surface area contributed by atoms with E-state index in [0.717, 1.165) is 50.5 Å². The maximum atomic E-state index is 13.3. The van der Waals surface area contributed by atoms with Crippen molar-refractivity contribution >= 4 is 28.9 Å². The molecule has 1 amide bonds. The Balaban J connectivity index is 1.14. The van der Waals surface area contributed by atoms with E-state index in [2.05, 4.69) is 15.0 Å². The third-order valence-electron chi connectivity index (χ3n) is 7.39. The van der Waals surface area contributed by atoms with Crippen LogP contribution >= 0.6 is 11.6 Å². The van der Waals surface area contributed by atoms with Crippen molar-refractivity contribution in [3.63, 3.8) is 0 Å². The van der Waals surface area contributed by atoms with Gasteiger partial charge in [0.1, 0.15) is 5.75 Å². The minimum Gasteiger partial charge on any atom is -0.405 e. The molecule has 0 aromatic heterocycles. The first-order valence-electron chi connectivity index (χ1n) is 13.5. The Morgan fingerprint density at radius 3 is 2.20 bits per heavy atom. The normalized spacial score (nSPS) is 20.2. The molecule has 1 aliphatic heterocycles. The third-order valence-corrected chi connectivity index (χ3v) is 7.64. The minimum atomic E-state index is -5.23. The second-order valence-corrected chi connectivity index (χ2v) is 10.7. The number of nitrogens with zero attached hydrogens (tertiary/aromatic N) is 2. The van der Waals surface area contributed by atoms with Gasteiger partial charge in [-0.2, -0.15) is 13.2 Å². The fourth-order valence-corrected chi connectivity index (χ4v) is 5.30. The van der Waals surface area contributed by atoms with Crippen molar-refractivity contribution in [2.45, 2.75) is 50.7 Å². The lowest BCUT2D eigenvalue weighted by molar-refractivity contribution is -0.276. The molecule has 1 N–H and O–H groups in total. The first kappa shape index (κ1) is 31.1. The highest BCUT2D eigenvalue weighted by atomic mass is 35.5. The molecule has 1 aliphatic carbocycles. The molecule has 2 fully saturated rings. The predicted molar refractivity (Wildman–Crippen MR) is 143 cm³/mol. The van der Waals surface area contributed by atoms with Gasteiger partial charge in [-0.3, -0.25) is 4.79 Å². The number of halogens is 7. The largest absolute Gasteiger partial charge is 0.573 e. The van der Waals surface area contributed by atoms with Gasteiger partial charge in [-0.05, 0) is 74.1 Å². The summed E-state index contributed by atoms with van der Waals surface area (Å²) in [4.78, 5) is 16.7. The molecular formula is C28H32ClF6N3O3. The molecule has 226 valence electrons. The number of piperazine rings is 1. The molecule has 0 unspecified atom stereocenters. The second kappa shape index (κ2) is 13.4. The molecule has 41 heavy (non-hydrogen) atoms. The zero-order chi connectivity index (χ0) is 29.6. The molecular weight excluding hydrogens is 576 g/mol. The van der Waals surface area contributed by atoms with Gasteiger partial charge in [0.25, 0.3) is 0 Å². The number of hydrogen-bond acceptors (Lipinski definition) is 5. The number of ether oxygens (including phenoxy) is 2. The first-order valence-corrected chi connectivity index (χ1v) is 13.9. The number of rotatable bonds is 9. The Bertz CT molecular complexity index is 1150. The third kappa shape index (κ3) is 9.32. The van der Waals surface area contributed by atoms with Crippen LogP contribution in [-0.4, -0.2) is 62.6 Å². The first-order chi connectivity index (χ1) is 19.4. The van der Waals surface area contributed by atoms with Crippen LogP contribution in [0.25, 0.3) is 0 Å². The van der Waals surface area contributed by atoms with E-state index in [1.165, 1.54) is 0 Å². The van der Waals surface area contributed by atoms with Crippen LogP contribution in [0.3, 0.4) is 0 Å². The molecule has 6 nitrogen and oxygen atoms in total. The van der Waals surface area contributed by atoms with Crippen LogP contribution in [0, 0.1) is 5.92 Å². The monoisotopic (exact) mass is 607 g/mol. The van der Waals surface area contributed by atoms with Crippen LogP contribution in [0.4, 0.5) is 37.7 Å². The fourth-order valence-electron chi connectivity index (χ4n) is 5.18. The maximum Gasteiger partial charge on any atom is 0.573 e. The van der Waals surface area contributed by atoms with Gasteiger partial charge in [-0.1, -0.05) is 11.6 Å². The van der Waals surface area contributed by atoms with Crippen LogP contribution in [0.2, 0.25) is 5.02 Å². The van der Waals surface area contributed by atoms with Gasteiger partial charge in [0.05, 0.1) is 24.7 Å². The summed E-state index contributed by atoms with van der Waals surface area (Å²) < 4.78 is 86.7. The molecule has 13 heteroatoms. The average Bonchev–Trinajstić information content (AvgIpc) is 2.92. The van der Waals surface area contributed by atoms with Crippen molar-refractivity contribution in [3.05, 3.63) is 53.1 Å². The summed E-state index contributed by atoms with van der Waals surface area (Å²) in [6.07, 6.45) is -6.84. The molecule has 0 radical (unpaired) electrons. The zero-order valence-corrected chi connectivity index (χ0v) is 23.0. The van der Waals surface area contributed by atoms with Crippen molar-refractivity contribution in [2.24, 2.45) is 5.92 Å². The van der Waals surface area contributed by atoms with Gasteiger partial charge in [0.2, 0.25) is 5.91 Å². The SMILES string of the molecule is O=C(CCOC1CCC(CNc2ccc(OC(F)(F)F)c(C(F)(F)F)c2)CC1)N1CCN(c2ccc(Cl)cc2)CC1. The Morgan fingerprint density at radius 2 is 1.59 bits per heavy atom. The van der Waals surface area contributed by atoms with Crippen molar-refractivity contribution in [2.75, 3.05) is 49.5 Å². The summed E-state index contributed by atoms with van der Waals surface area (Å²) in [6.45, 7) is 3.48. The summed E-state index contributed by atoms with van der Waals surface area (Å²) in [5.74, 6) is -1.05. The van der Waals surface area contributed by atoms with Crippen LogP contribution in [0.5, 0.6) is 5.75 Å². The molecule has 0 atom stereocenters. The van der Waals surface area contributed by atoms with E-state index in [9.17, 15) is 31.1 Å². The molecule has 1 heterocycles. The number of carbonyl (C=O) groups is 1. The van der Waals surface area contributed by atoms with E-state index in [4.69, 9.17) is 16.3 Å². The Labute approximate surface area is 239 Å². The van der Waals surface area contributed by atoms with E-state index in [0.29, 0.717) is 49.8 Å². The predicted octanol–water partition coefficient (Wildman–Crippen LogP) is 6.98. The number of nitrogens with one attached hydrogen (secondary N) is 1. The molecule has 2 aromatic rings.